The number of carboxylic acids is 1. The first kappa shape index (κ1) is 71.2. The van der Waals surface area contributed by atoms with Crippen molar-refractivity contribution in [1.82, 2.24) is 0 Å². The van der Waals surface area contributed by atoms with Crippen LogP contribution >= 0.6 is 0 Å². The molecule has 9 heteroatoms. The van der Waals surface area contributed by atoms with E-state index in [4.69, 9.17) is 18.9 Å². The van der Waals surface area contributed by atoms with Crippen LogP contribution in [0.2, 0.25) is 0 Å². The minimum Gasteiger partial charge on any atom is -0.477 e. The number of rotatable bonds is 52. The number of unbranched alkanes of at least 4 members (excludes halogenated alkanes) is 13. The van der Waals surface area contributed by atoms with Crippen molar-refractivity contribution in [2.24, 2.45) is 0 Å². The average Bonchev–Trinajstić information content (AvgIpc) is 3.39. The van der Waals surface area contributed by atoms with Crippen LogP contribution in [0, 0.1) is 0 Å². The Balaban J connectivity index is 4.39. The maximum Gasteiger partial charge on any atom is 0.361 e. The first-order valence-corrected chi connectivity index (χ1v) is 29.5. The Morgan fingerprint density at radius 1 is 0.408 bits per heavy atom. The van der Waals surface area contributed by atoms with Crippen LogP contribution in [0.3, 0.4) is 0 Å². The van der Waals surface area contributed by atoms with Crippen LogP contribution in [0.4, 0.5) is 0 Å². The molecule has 9 nitrogen and oxygen atoms in total. The van der Waals surface area contributed by atoms with Crippen LogP contribution < -0.4 is 0 Å². The fourth-order valence-corrected chi connectivity index (χ4v) is 7.30. The van der Waals surface area contributed by atoms with Crippen LogP contribution in [-0.4, -0.2) is 87.4 Å². The number of esters is 2. The van der Waals surface area contributed by atoms with Crippen LogP contribution in [0.25, 0.3) is 0 Å². The monoisotopic (exact) mass is 1050 g/mol. The molecule has 0 heterocycles. The normalized spacial score (nSPS) is 13.9. The zero-order valence-corrected chi connectivity index (χ0v) is 48.6. The molecule has 2 unspecified atom stereocenters. The van der Waals surface area contributed by atoms with Crippen LogP contribution in [0.15, 0.2) is 146 Å². The molecule has 0 fully saturated rings. The summed E-state index contributed by atoms with van der Waals surface area (Å²) >= 11 is 0. The van der Waals surface area contributed by atoms with E-state index in [0.717, 1.165) is 116 Å². The lowest BCUT2D eigenvalue weighted by Gasteiger charge is -2.25. The molecule has 0 aromatic rings. The lowest BCUT2D eigenvalue weighted by Crippen LogP contribution is -2.40. The number of hydrogen-bond acceptors (Lipinski definition) is 7. The second-order valence-corrected chi connectivity index (χ2v) is 20.2. The van der Waals surface area contributed by atoms with E-state index < -0.39 is 24.3 Å². The van der Waals surface area contributed by atoms with Crippen LogP contribution in [0.1, 0.15) is 200 Å². The number of nitrogens with zero attached hydrogens (tertiary/aromatic N) is 1. The Kier molecular flexibility index (Phi) is 52.8. The lowest BCUT2D eigenvalue weighted by atomic mass is 10.1. The summed E-state index contributed by atoms with van der Waals surface area (Å²) in [5.41, 5.74) is 0. The molecule has 0 bridgehead atoms. The SMILES string of the molecule is CC/C=C\C/C=C\C/C=C\C/C=C\C/C=C\C/C=C\C/C=C\C/C=C\C/C=C\C/C=C\CCCCC(=O)OC(COC(=O)CCCCCCCCC/C=C\C/C=C\CCCCCC)COC(OCC[N+](C)(C)C)C(=O)O. The van der Waals surface area contributed by atoms with Gasteiger partial charge in [0, 0.05) is 12.8 Å². The molecule has 76 heavy (non-hydrogen) atoms. The first-order valence-electron chi connectivity index (χ1n) is 29.5. The molecule has 0 aliphatic carbocycles. The van der Waals surface area contributed by atoms with E-state index >= 15 is 0 Å². The molecule has 0 saturated heterocycles. The molecule has 0 spiro atoms. The third-order valence-electron chi connectivity index (χ3n) is 11.8. The highest BCUT2D eigenvalue weighted by molar-refractivity contribution is 5.71. The van der Waals surface area contributed by atoms with Crippen molar-refractivity contribution in [2.75, 3.05) is 47.5 Å². The van der Waals surface area contributed by atoms with Gasteiger partial charge in [-0.3, -0.25) is 9.59 Å². The molecule has 0 saturated carbocycles. The zero-order valence-electron chi connectivity index (χ0n) is 48.6. The second kappa shape index (κ2) is 56.4. The van der Waals surface area contributed by atoms with Gasteiger partial charge in [0.15, 0.2) is 6.10 Å². The third-order valence-corrected chi connectivity index (χ3v) is 11.8. The predicted molar refractivity (Wildman–Crippen MR) is 322 cm³/mol. The third kappa shape index (κ3) is 56.9. The van der Waals surface area contributed by atoms with E-state index in [2.05, 4.69) is 160 Å². The quantitative estimate of drug-likeness (QED) is 0.0211. The summed E-state index contributed by atoms with van der Waals surface area (Å²) in [6.07, 6.45) is 79.3. The Morgan fingerprint density at radius 2 is 0.750 bits per heavy atom. The first-order chi connectivity index (χ1) is 37.1. The molecule has 0 radical (unpaired) electrons. The minimum absolute atomic E-state index is 0.169. The number of carboxylic acid groups (broad SMARTS) is 1. The van der Waals surface area contributed by atoms with Crippen molar-refractivity contribution in [2.45, 2.75) is 212 Å². The van der Waals surface area contributed by atoms with E-state index in [0.29, 0.717) is 17.4 Å². The highest BCUT2D eigenvalue weighted by Crippen LogP contribution is 2.13. The number of carbonyl (C=O) groups is 3. The molecule has 2 atom stereocenters. The molecular formula is C67H108NO8+. The highest BCUT2D eigenvalue weighted by atomic mass is 16.7. The minimum atomic E-state index is -1.53. The molecule has 0 rings (SSSR count). The van der Waals surface area contributed by atoms with Gasteiger partial charge in [-0.1, -0.05) is 211 Å². The highest BCUT2D eigenvalue weighted by Gasteiger charge is 2.25. The number of likely N-dealkylation sites (N-methyl/N-ethyl adjacent to an activating group) is 1. The smallest absolute Gasteiger partial charge is 0.361 e. The molecular weight excluding hydrogens is 947 g/mol. The van der Waals surface area contributed by atoms with Crippen molar-refractivity contribution >= 4 is 17.9 Å². The van der Waals surface area contributed by atoms with E-state index in [1.165, 1.54) is 51.4 Å². The Bertz CT molecular complexity index is 1750. The average molecular weight is 1060 g/mol. The Hall–Kier alpha value is -4.83. The Labute approximate surface area is 464 Å². The topological polar surface area (TPSA) is 108 Å². The van der Waals surface area contributed by atoms with Gasteiger partial charge in [-0.2, -0.15) is 0 Å². The van der Waals surface area contributed by atoms with Crippen molar-refractivity contribution in [3.63, 3.8) is 0 Å². The largest absolute Gasteiger partial charge is 0.477 e. The van der Waals surface area contributed by atoms with Crippen molar-refractivity contribution in [3.05, 3.63) is 146 Å². The summed E-state index contributed by atoms with van der Waals surface area (Å²) in [7, 11) is 5.94. The Morgan fingerprint density at radius 3 is 1.14 bits per heavy atom. The fourth-order valence-electron chi connectivity index (χ4n) is 7.30. The number of allylic oxidation sites excluding steroid dienone is 24. The van der Waals surface area contributed by atoms with Crippen molar-refractivity contribution in [3.8, 4) is 0 Å². The number of hydrogen-bond donors (Lipinski definition) is 1. The van der Waals surface area contributed by atoms with Gasteiger partial charge >= 0.3 is 17.9 Å². The summed E-state index contributed by atoms with van der Waals surface area (Å²) in [5, 5.41) is 9.70. The van der Waals surface area contributed by atoms with Gasteiger partial charge in [-0.15, -0.1) is 0 Å². The van der Waals surface area contributed by atoms with E-state index in [1.54, 1.807) is 0 Å². The van der Waals surface area contributed by atoms with Gasteiger partial charge in [0.1, 0.15) is 13.2 Å². The molecule has 0 aliphatic heterocycles. The molecule has 0 aromatic heterocycles. The molecule has 428 valence electrons. The summed E-state index contributed by atoms with van der Waals surface area (Å²) in [6, 6.07) is 0. The summed E-state index contributed by atoms with van der Waals surface area (Å²) in [6.45, 7) is 4.66. The van der Waals surface area contributed by atoms with Gasteiger partial charge in [-0.05, 0) is 122 Å². The van der Waals surface area contributed by atoms with Crippen molar-refractivity contribution in [1.29, 1.82) is 0 Å². The molecule has 1 N–H and O–H groups in total. The standard InChI is InChI=1S/C67H107NO8/c1-6-8-10-12-14-16-18-20-22-24-26-27-28-29-30-31-32-33-34-35-36-37-38-39-40-42-44-46-48-50-52-54-56-58-65(70)76-63(62-75-67(66(71)72)73-60-59-68(3,4)5)61-74-64(69)57-55-53-51-49-47-45-43-41-25-23-21-19-17-15-13-11-9-7-2/h8,10,14,16-17,19-20,22-23,25-27,29-30,32-33,35-36,38-39,42,44,48,50,63,67H,6-7,9,11-13,15,18,21,24,28,31,34,37,40-41,43,45-47,49,51-62H2,1-5H3/p+1/b10-8-,16-14-,19-17-,22-20-,25-23-,27-26-,30-29-,33-32-,36-35-,39-38-,44-42-,50-48-. The van der Waals surface area contributed by atoms with E-state index in [9.17, 15) is 19.5 Å². The maximum absolute atomic E-state index is 12.9. The van der Waals surface area contributed by atoms with Gasteiger partial charge in [0.05, 0.1) is 34.4 Å². The number of aliphatic carboxylic acids is 1. The molecule has 0 aromatic carbocycles. The summed E-state index contributed by atoms with van der Waals surface area (Å²) in [4.78, 5) is 37.4. The summed E-state index contributed by atoms with van der Waals surface area (Å²) in [5.74, 6) is -2.10. The maximum atomic E-state index is 12.9. The fraction of sp³-hybridized carbons (Fsp3) is 0.597. The number of quaternary nitrogens is 1. The van der Waals surface area contributed by atoms with Gasteiger partial charge < -0.3 is 28.5 Å². The molecule has 0 amide bonds. The molecule has 0 aliphatic rings. The van der Waals surface area contributed by atoms with Gasteiger partial charge in [-0.25, -0.2) is 4.79 Å². The van der Waals surface area contributed by atoms with E-state index in [-0.39, 0.29) is 38.6 Å². The van der Waals surface area contributed by atoms with Crippen LogP contribution in [-0.2, 0) is 33.3 Å². The van der Waals surface area contributed by atoms with Gasteiger partial charge in [0.2, 0.25) is 0 Å². The zero-order chi connectivity index (χ0) is 55.5. The van der Waals surface area contributed by atoms with E-state index in [1.807, 2.05) is 21.1 Å². The number of carbonyl (C=O) groups excluding carboxylic acids is 2. The lowest BCUT2D eigenvalue weighted by molar-refractivity contribution is -0.870. The number of ether oxygens (including phenoxy) is 4. The second-order valence-electron chi connectivity index (χ2n) is 20.2. The summed E-state index contributed by atoms with van der Waals surface area (Å²) < 4.78 is 22.8. The van der Waals surface area contributed by atoms with Crippen molar-refractivity contribution < 1.29 is 42.9 Å². The predicted octanol–water partition coefficient (Wildman–Crippen LogP) is 17.6. The van der Waals surface area contributed by atoms with Crippen LogP contribution in [0.5, 0.6) is 0 Å². The van der Waals surface area contributed by atoms with Gasteiger partial charge in [0.25, 0.3) is 6.29 Å².